The molecule has 2 aliphatic heterocycles. The van der Waals surface area contributed by atoms with Crippen molar-refractivity contribution in [2.24, 2.45) is 0 Å². The Kier molecular flexibility index (Phi) is 6.27. The number of hydrogen-bond donors (Lipinski definition) is 0. The SMILES string of the molecule is Cc1cn([C@@H]2CCOC2)c2nc(-c3onc4c3CCC[C@@]43CCCCC3=O)nc(O[C@@H](C)[C@@H]3CCCN3C)c12. The summed E-state index contributed by atoms with van der Waals surface area (Å²) in [4.78, 5) is 25.7. The van der Waals surface area contributed by atoms with Gasteiger partial charge in [-0.15, -0.1) is 0 Å². The number of nitrogens with zero attached hydrogens (tertiary/aromatic N) is 5. The van der Waals surface area contributed by atoms with E-state index in [0.717, 1.165) is 92.4 Å². The Balaban J connectivity index is 1.36. The fraction of sp³-hybridized carbons (Fsp3) is 0.667. The number of fused-ring (bicyclic) bond motifs is 3. The lowest BCUT2D eigenvalue weighted by Gasteiger charge is -2.37. The molecule has 0 amide bonds. The lowest BCUT2D eigenvalue weighted by Crippen LogP contribution is -2.41. The molecule has 4 aliphatic rings. The van der Waals surface area contributed by atoms with Crippen LogP contribution in [-0.4, -0.2) is 69.3 Å². The number of carbonyl (C=O) groups excluding carboxylic acids is 1. The van der Waals surface area contributed by atoms with Crippen molar-refractivity contribution in [3.8, 4) is 17.5 Å². The predicted octanol–water partition coefficient (Wildman–Crippen LogP) is 4.93. The predicted molar refractivity (Wildman–Crippen MR) is 146 cm³/mol. The first-order chi connectivity index (χ1) is 19.0. The number of aromatic nitrogens is 4. The van der Waals surface area contributed by atoms with Gasteiger partial charge in [-0.2, -0.15) is 4.98 Å². The van der Waals surface area contributed by atoms with Gasteiger partial charge in [-0.05, 0) is 84.4 Å². The molecule has 39 heavy (non-hydrogen) atoms. The van der Waals surface area contributed by atoms with E-state index in [0.29, 0.717) is 42.3 Å². The van der Waals surface area contributed by atoms with Gasteiger partial charge < -0.3 is 18.6 Å². The molecule has 9 nitrogen and oxygen atoms in total. The third kappa shape index (κ3) is 4.03. The fourth-order valence-electron chi connectivity index (χ4n) is 7.67. The van der Waals surface area contributed by atoms with Crippen LogP contribution >= 0.6 is 0 Å². The van der Waals surface area contributed by atoms with Gasteiger partial charge in [0.25, 0.3) is 0 Å². The number of Topliss-reactive ketones (excluding diaryl/α,β-unsaturated/α-hetero) is 1. The van der Waals surface area contributed by atoms with E-state index < -0.39 is 5.41 Å². The normalized spacial score (nSPS) is 28.4. The molecule has 3 fully saturated rings. The summed E-state index contributed by atoms with van der Waals surface area (Å²) in [6.45, 7) is 6.76. The van der Waals surface area contributed by atoms with Gasteiger partial charge in [0.2, 0.25) is 17.5 Å². The van der Waals surface area contributed by atoms with Crippen LogP contribution in [0, 0.1) is 6.92 Å². The highest BCUT2D eigenvalue weighted by Gasteiger charge is 2.48. The van der Waals surface area contributed by atoms with Crippen LogP contribution < -0.4 is 4.74 Å². The van der Waals surface area contributed by atoms with Crippen LogP contribution in [0.3, 0.4) is 0 Å². The summed E-state index contributed by atoms with van der Waals surface area (Å²) < 4.78 is 20.7. The van der Waals surface area contributed by atoms with E-state index in [1.54, 1.807) is 0 Å². The van der Waals surface area contributed by atoms with Gasteiger partial charge >= 0.3 is 0 Å². The van der Waals surface area contributed by atoms with Crippen LogP contribution in [0.2, 0.25) is 0 Å². The van der Waals surface area contributed by atoms with Crippen molar-refractivity contribution in [3.63, 3.8) is 0 Å². The zero-order valence-electron chi connectivity index (χ0n) is 23.4. The number of aryl methyl sites for hydroxylation is 1. The molecule has 5 heterocycles. The quantitative estimate of drug-likeness (QED) is 0.455. The number of rotatable bonds is 5. The molecule has 2 aliphatic carbocycles. The van der Waals surface area contributed by atoms with Gasteiger partial charge in [0, 0.05) is 30.8 Å². The number of carbonyl (C=O) groups is 1. The highest BCUT2D eigenvalue weighted by molar-refractivity contribution is 5.92. The minimum Gasteiger partial charge on any atom is -0.472 e. The number of ketones is 1. The molecule has 0 unspecified atom stereocenters. The van der Waals surface area contributed by atoms with Crippen LogP contribution in [-0.2, 0) is 21.4 Å². The van der Waals surface area contributed by atoms with Crippen molar-refractivity contribution in [1.82, 2.24) is 24.6 Å². The van der Waals surface area contributed by atoms with Crippen LogP contribution in [0.4, 0.5) is 0 Å². The van der Waals surface area contributed by atoms with Crippen molar-refractivity contribution >= 4 is 16.8 Å². The second kappa shape index (κ2) is 9.70. The maximum absolute atomic E-state index is 13.2. The molecule has 3 aromatic rings. The lowest BCUT2D eigenvalue weighted by atomic mass is 9.64. The van der Waals surface area contributed by atoms with Crippen molar-refractivity contribution in [1.29, 1.82) is 0 Å². The minimum atomic E-state index is -0.503. The van der Waals surface area contributed by atoms with E-state index in [1.165, 1.54) is 6.42 Å². The molecule has 4 atom stereocenters. The smallest absolute Gasteiger partial charge is 0.227 e. The summed E-state index contributed by atoms with van der Waals surface area (Å²) >= 11 is 0. The largest absolute Gasteiger partial charge is 0.472 e. The highest BCUT2D eigenvalue weighted by Crippen LogP contribution is 2.47. The third-order valence-corrected chi connectivity index (χ3v) is 9.81. The van der Waals surface area contributed by atoms with Crippen molar-refractivity contribution in [3.05, 3.63) is 23.0 Å². The summed E-state index contributed by atoms with van der Waals surface area (Å²) in [6, 6.07) is 0.571. The molecular formula is C30H39N5O4. The molecule has 1 spiro atoms. The molecule has 0 N–H and O–H groups in total. The molecule has 3 aromatic heterocycles. The minimum absolute atomic E-state index is 0.0206. The summed E-state index contributed by atoms with van der Waals surface area (Å²) in [5.41, 5.74) is 3.27. The Morgan fingerprint density at radius 3 is 2.77 bits per heavy atom. The second-order valence-electron chi connectivity index (χ2n) is 12.2. The van der Waals surface area contributed by atoms with Gasteiger partial charge in [0.05, 0.1) is 23.4 Å². The van der Waals surface area contributed by atoms with E-state index >= 15 is 0 Å². The molecule has 9 heteroatoms. The molecule has 0 aromatic carbocycles. The van der Waals surface area contributed by atoms with E-state index in [4.69, 9.17) is 24.0 Å². The Bertz CT molecular complexity index is 1410. The molecule has 7 rings (SSSR count). The first-order valence-corrected chi connectivity index (χ1v) is 14.8. The van der Waals surface area contributed by atoms with E-state index in [1.807, 2.05) is 0 Å². The fourth-order valence-corrected chi connectivity index (χ4v) is 7.67. The number of likely N-dealkylation sites (tertiary alicyclic amines) is 1. The molecule has 2 saturated heterocycles. The number of likely N-dealkylation sites (N-methyl/N-ethyl adjacent to an activating group) is 1. The van der Waals surface area contributed by atoms with Crippen molar-refractivity contribution in [2.75, 3.05) is 26.8 Å². The Labute approximate surface area is 229 Å². The van der Waals surface area contributed by atoms with E-state index in [2.05, 4.69) is 41.7 Å². The van der Waals surface area contributed by atoms with Crippen LogP contribution in [0.1, 0.15) is 87.6 Å². The van der Waals surface area contributed by atoms with Crippen molar-refractivity contribution in [2.45, 2.75) is 102 Å². The zero-order chi connectivity index (χ0) is 26.7. The summed E-state index contributed by atoms with van der Waals surface area (Å²) in [5, 5.41) is 5.51. The summed E-state index contributed by atoms with van der Waals surface area (Å²) in [5.74, 6) is 2.00. The van der Waals surface area contributed by atoms with E-state index in [-0.39, 0.29) is 12.1 Å². The van der Waals surface area contributed by atoms with Gasteiger partial charge in [0.1, 0.15) is 23.2 Å². The zero-order valence-corrected chi connectivity index (χ0v) is 23.4. The molecular weight excluding hydrogens is 494 g/mol. The lowest BCUT2D eigenvalue weighted by molar-refractivity contribution is -0.127. The first-order valence-electron chi connectivity index (χ1n) is 14.8. The number of hydrogen-bond acceptors (Lipinski definition) is 8. The first kappa shape index (κ1) is 25.2. The average Bonchev–Trinajstić information content (AvgIpc) is 3.73. The topological polar surface area (TPSA) is 95.5 Å². The maximum atomic E-state index is 13.2. The molecule has 0 bridgehead atoms. The monoisotopic (exact) mass is 533 g/mol. The Morgan fingerprint density at radius 1 is 1.13 bits per heavy atom. The highest BCUT2D eigenvalue weighted by atomic mass is 16.5. The van der Waals surface area contributed by atoms with E-state index in [9.17, 15) is 4.79 Å². The van der Waals surface area contributed by atoms with Crippen LogP contribution in [0.15, 0.2) is 10.7 Å². The molecule has 0 radical (unpaired) electrons. The van der Waals surface area contributed by atoms with Crippen molar-refractivity contribution < 1.29 is 18.8 Å². The van der Waals surface area contributed by atoms with Crippen LogP contribution in [0.25, 0.3) is 22.6 Å². The Hall–Kier alpha value is -2.78. The Morgan fingerprint density at radius 2 is 2.00 bits per heavy atom. The summed E-state index contributed by atoms with van der Waals surface area (Å²) in [6.07, 6.45) is 11.5. The summed E-state index contributed by atoms with van der Waals surface area (Å²) in [7, 11) is 2.17. The van der Waals surface area contributed by atoms with Gasteiger partial charge in [-0.25, -0.2) is 4.98 Å². The standard InChI is InChI=1S/C30H39N5O4/c1-18-16-35(20-11-15-37-17-20)28-24(18)29(38-19(2)22-9-7-14-34(22)3)32-27(31-28)25-21-8-6-13-30(26(21)33-39-25)12-5-4-10-23(30)36/h16,19-20,22H,4-15,17H2,1-3H3/t19-,20+,22-,30+/m0/s1. The number of ether oxygens (including phenoxy) is 2. The molecule has 208 valence electrons. The van der Waals surface area contributed by atoms with Gasteiger partial charge in [-0.3, -0.25) is 9.69 Å². The van der Waals surface area contributed by atoms with Gasteiger partial charge in [-0.1, -0.05) is 11.6 Å². The average molecular weight is 534 g/mol. The third-order valence-electron chi connectivity index (χ3n) is 9.81. The molecule has 1 saturated carbocycles. The maximum Gasteiger partial charge on any atom is 0.227 e. The van der Waals surface area contributed by atoms with Gasteiger partial charge in [0.15, 0.2) is 0 Å². The second-order valence-corrected chi connectivity index (χ2v) is 12.2. The van der Waals surface area contributed by atoms with Crippen LogP contribution in [0.5, 0.6) is 5.88 Å².